The molecular weight excluding hydrogens is 617 g/mol. The summed E-state index contributed by atoms with van der Waals surface area (Å²) < 4.78 is 25.3. The third-order valence-corrected chi connectivity index (χ3v) is 7.22. The molecule has 0 saturated carbocycles. The molecule has 0 unspecified atom stereocenters. The van der Waals surface area contributed by atoms with E-state index in [1.165, 1.54) is 24.3 Å². The van der Waals surface area contributed by atoms with Gasteiger partial charge in [0.1, 0.15) is 12.4 Å². The molecule has 0 atom stereocenters. The molecule has 1 aliphatic heterocycles. The zero-order chi connectivity index (χ0) is 29.5. The van der Waals surface area contributed by atoms with Crippen LogP contribution in [0.15, 0.2) is 70.0 Å². The first kappa shape index (κ1) is 29.8. The van der Waals surface area contributed by atoms with Gasteiger partial charge in [-0.15, -0.1) is 0 Å². The van der Waals surface area contributed by atoms with E-state index in [2.05, 4.69) is 26.6 Å². The molecule has 1 saturated heterocycles. The summed E-state index contributed by atoms with van der Waals surface area (Å²) in [4.78, 5) is 51.2. The van der Waals surface area contributed by atoms with Crippen LogP contribution < -0.4 is 20.1 Å². The average Bonchev–Trinajstić information content (AvgIpc) is 3.18. The van der Waals surface area contributed by atoms with Gasteiger partial charge in [0.15, 0.2) is 18.1 Å². The Morgan fingerprint density at radius 1 is 0.976 bits per heavy atom. The highest BCUT2D eigenvalue weighted by Gasteiger charge is 2.36. The van der Waals surface area contributed by atoms with Crippen molar-refractivity contribution in [2.24, 2.45) is 0 Å². The fraction of sp³-hybridized carbons (Fsp3) is 0.172. The number of rotatable bonds is 10. The molecule has 0 aliphatic carbocycles. The van der Waals surface area contributed by atoms with Crippen molar-refractivity contribution in [1.82, 2.24) is 4.90 Å². The van der Waals surface area contributed by atoms with Gasteiger partial charge in [0.2, 0.25) is 5.91 Å². The van der Waals surface area contributed by atoms with Crippen molar-refractivity contribution in [3.63, 3.8) is 0 Å². The molecule has 9 nitrogen and oxygen atoms in total. The highest BCUT2D eigenvalue weighted by molar-refractivity contribution is 9.10. The van der Waals surface area contributed by atoms with E-state index >= 15 is 0 Å². The van der Waals surface area contributed by atoms with Crippen molar-refractivity contribution in [2.75, 3.05) is 30.4 Å². The summed E-state index contributed by atoms with van der Waals surface area (Å²) in [6.45, 7) is 3.25. The summed E-state index contributed by atoms with van der Waals surface area (Å²) in [5.74, 6) is -1.54. The molecular formula is C29H25BrFN3O6S. The highest BCUT2D eigenvalue weighted by atomic mass is 79.9. The Bertz CT molecular complexity index is 1530. The number of thioether (sulfide) groups is 1. The lowest BCUT2D eigenvalue weighted by Gasteiger charge is -2.14. The number of carbonyl (C=O) groups is 4. The number of amides is 4. The minimum Gasteiger partial charge on any atom is -0.490 e. The monoisotopic (exact) mass is 641 g/mol. The van der Waals surface area contributed by atoms with Gasteiger partial charge in [0.05, 0.1) is 11.5 Å². The van der Waals surface area contributed by atoms with Gasteiger partial charge in [-0.3, -0.25) is 24.1 Å². The topological polar surface area (TPSA) is 114 Å². The number of nitrogens with zero attached hydrogens (tertiary/aromatic N) is 1. The van der Waals surface area contributed by atoms with Crippen molar-refractivity contribution in [1.29, 1.82) is 0 Å². The lowest BCUT2D eigenvalue weighted by atomic mass is 10.1. The molecule has 0 radical (unpaired) electrons. The van der Waals surface area contributed by atoms with Gasteiger partial charge < -0.3 is 20.1 Å². The highest BCUT2D eigenvalue weighted by Crippen LogP contribution is 2.38. The van der Waals surface area contributed by atoms with Gasteiger partial charge in [-0.25, -0.2) is 4.39 Å². The second-order valence-electron chi connectivity index (χ2n) is 8.78. The number of imide groups is 1. The number of anilines is 2. The number of benzene rings is 3. The molecule has 1 aliphatic rings. The zero-order valence-corrected chi connectivity index (χ0v) is 24.4. The minimum atomic E-state index is -0.646. The molecule has 0 spiro atoms. The first-order chi connectivity index (χ1) is 19.6. The van der Waals surface area contributed by atoms with Crippen molar-refractivity contribution in [2.45, 2.75) is 13.8 Å². The number of ether oxygens (including phenoxy) is 2. The molecule has 1 heterocycles. The lowest BCUT2D eigenvalue weighted by molar-refractivity contribution is -0.127. The molecule has 0 bridgehead atoms. The molecule has 41 heavy (non-hydrogen) atoms. The van der Waals surface area contributed by atoms with Crippen molar-refractivity contribution in [3.8, 4) is 11.5 Å². The van der Waals surface area contributed by atoms with Gasteiger partial charge in [0, 0.05) is 15.8 Å². The van der Waals surface area contributed by atoms with Crippen LogP contribution in [0.25, 0.3) is 6.08 Å². The first-order valence-corrected chi connectivity index (χ1v) is 14.0. The van der Waals surface area contributed by atoms with Crippen LogP contribution in [0.4, 0.5) is 20.6 Å². The molecule has 0 aromatic heterocycles. The number of carbonyl (C=O) groups excluding carboxylic acids is 4. The van der Waals surface area contributed by atoms with E-state index in [-0.39, 0.29) is 23.1 Å². The SMILES string of the molecule is CCOc1cc(/C=C2/SC(=O)N(CC(=O)Nc3cccc(F)c3)C2=O)c(Br)cc1OCC(=O)Nc1ccc(C)cc1. The van der Waals surface area contributed by atoms with Crippen LogP contribution in [0.3, 0.4) is 0 Å². The largest absolute Gasteiger partial charge is 0.490 e. The lowest BCUT2D eigenvalue weighted by Crippen LogP contribution is -2.36. The van der Waals surface area contributed by atoms with Crippen LogP contribution in [0.2, 0.25) is 0 Å². The minimum absolute atomic E-state index is 0.0999. The molecule has 3 aromatic rings. The zero-order valence-electron chi connectivity index (χ0n) is 22.0. The van der Waals surface area contributed by atoms with Crippen LogP contribution in [-0.4, -0.2) is 47.6 Å². The standard InChI is InChI=1S/C29H25BrFN3O6S/c1-3-39-23-11-18(22(30)14-24(23)40-16-27(36)32-20-9-7-17(2)8-10-20)12-25-28(37)34(29(38)41-25)15-26(35)33-21-6-4-5-19(31)13-21/h4-14H,3,15-16H2,1-2H3,(H,32,36)(H,33,35)/b25-12+. The van der Waals surface area contributed by atoms with Crippen LogP contribution >= 0.6 is 27.7 Å². The van der Waals surface area contributed by atoms with Gasteiger partial charge >= 0.3 is 0 Å². The summed E-state index contributed by atoms with van der Waals surface area (Å²) in [5.41, 5.74) is 2.44. The van der Waals surface area contributed by atoms with Gasteiger partial charge in [-0.2, -0.15) is 0 Å². The Kier molecular flexibility index (Phi) is 9.79. The Morgan fingerprint density at radius 2 is 1.68 bits per heavy atom. The molecule has 1 fully saturated rings. The maximum Gasteiger partial charge on any atom is 0.294 e. The van der Waals surface area contributed by atoms with Gasteiger partial charge in [0.25, 0.3) is 17.1 Å². The smallest absolute Gasteiger partial charge is 0.294 e. The number of nitrogens with one attached hydrogen (secondary N) is 2. The summed E-state index contributed by atoms with van der Waals surface area (Å²) in [6.07, 6.45) is 1.50. The van der Waals surface area contributed by atoms with E-state index < -0.39 is 29.4 Å². The normalized spacial score (nSPS) is 13.9. The van der Waals surface area contributed by atoms with Crippen LogP contribution in [-0.2, 0) is 14.4 Å². The maximum absolute atomic E-state index is 13.4. The maximum atomic E-state index is 13.4. The molecule has 2 N–H and O–H groups in total. The Labute approximate surface area is 248 Å². The van der Waals surface area contributed by atoms with Crippen LogP contribution in [0, 0.1) is 12.7 Å². The van der Waals surface area contributed by atoms with Gasteiger partial charge in [-0.05, 0) is 79.7 Å². The molecule has 4 amide bonds. The van der Waals surface area contributed by atoms with Gasteiger partial charge in [-0.1, -0.05) is 39.7 Å². The average molecular weight is 643 g/mol. The number of hydrogen-bond acceptors (Lipinski definition) is 7. The Morgan fingerprint density at radius 3 is 2.39 bits per heavy atom. The summed E-state index contributed by atoms with van der Waals surface area (Å²) in [7, 11) is 0. The van der Waals surface area contributed by atoms with E-state index in [1.54, 1.807) is 31.2 Å². The number of aryl methyl sites for hydroxylation is 1. The van der Waals surface area contributed by atoms with Crippen molar-refractivity contribution < 1.29 is 33.0 Å². The van der Waals surface area contributed by atoms with E-state index in [0.717, 1.165) is 16.5 Å². The summed E-state index contributed by atoms with van der Waals surface area (Å²) >= 11 is 4.13. The Balaban J connectivity index is 1.44. The predicted molar refractivity (Wildman–Crippen MR) is 158 cm³/mol. The number of hydrogen-bond donors (Lipinski definition) is 2. The fourth-order valence-corrected chi connectivity index (χ4v) is 4.97. The second kappa shape index (κ2) is 13.5. The first-order valence-electron chi connectivity index (χ1n) is 12.4. The second-order valence-corrected chi connectivity index (χ2v) is 10.6. The van der Waals surface area contributed by atoms with E-state index in [9.17, 15) is 23.6 Å². The third kappa shape index (κ3) is 7.95. The fourth-order valence-electron chi connectivity index (χ4n) is 3.71. The van der Waals surface area contributed by atoms with Crippen LogP contribution in [0.1, 0.15) is 18.1 Å². The van der Waals surface area contributed by atoms with Crippen LogP contribution in [0.5, 0.6) is 11.5 Å². The summed E-state index contributed by atoms with van der Waals surface area (Å²) in [5, 5.41) is 4.61. The van der Waals surface area contributed by atoms with E-state index in [1.807, 2.05) is 19.1 Å². The molecule has 4 rings (SSSR count). The molecule has 12 heteroatoms. The van der Waals surface area contributed by atoms with Crippen molar-refractivity contribution >= 4 is 68.1 Å². The predicted octanol–water partition coefficient (Wildman–Crippen LogP) is 5.99. The van der Waals surface area contributed by atoms with E-state index in [0.29, 0.717) is 45.6 Å². The number of halogens is 2. The quantitative estimate of drug-likeness (QED) is 0.261. The molecule has 212 valence electrons. The van der Waals surface area contributed by atoms with E-state index in [4.69, 9.17) is 9.47 Å². The third-order valence-electron chi connectivity index (χ3n) is 5.63. The molecule has 3 aromatic carbocycles. The van der Waals surface area contributed by atoms with Crippen molar-refractivity contribution in [3.05, 3.63) is 87.0 Å². The summed E-state index contributed by atoms with van der Waals surface area (Å²) in [6, 6.07) is 15.9. The Hall–Kier alpha value is -4.16.